The van der Waals surface area contributed by atoms with Crippen molar-refractivity contribution in [2.45, 2.75) is 81.5 Å². The first-order valence-electron chi connectivity index (χ1n) is 8.48. The maximum absolute atomic E-state index is 12.9. The average Bonchev–Trinajstić information content (AvgIpc) is 3.00. The average molecular weight is 277 g/mol. The first-order valence-corrected chi connectivity index (χ1v) is 8.48. The molecule has 1 spiro atoms. The minimum atomic E-state index is -0.168. The molecule has 4 nitrogen and oxygen atoms in total. The van der Waals surface area contributed by atoms with Crippen LogP contribution in [0.3, 0.4) is 0 Å². The van der Waals surface area contributed by atoms with Gasteiger partial charge in [-0.3, -0.25) is 10.1 Å². The van der Waals surface area contributed by atoms with Gasteiger partial charge in [0.25, 0.3) is 0 Å². The number of rotatable bonds is 1. The van der Waals surface area contributed by atoms with E-state index in [-0.39, 0.29) is 5.54 Å². The third-order valence-electron chi connectivity index (χ3n) is 6.47. The molecule has 4 aliphatic rings. The van der Waals surface area contributed by atoms with Crippen LogP contribution in [0.15, 0.2) is 0 Å². The van der Waals surface area contributed by atoms with Gasteiger partial charge in [-0.1, -0.05) is 19.3 Å². The molecule has 2 unspecified atom stereocenters. The van der Waals surface area contributed by atoms with E-state index in [1.165, 1.54) is 44.9 Å². The molecule has 3 saturated heterocycles. The van der Waals surface area contributed by atoms with Crippen LogP contribution in [-0.4, -0.2) is 53.1 Å². The number of carbonyl (C=O) groups excluding carboxylic acids is 1. The normalized spacial score (nSPS) is 40.8. The maximum Gasteiger partial charge on any atom is 0.244 e. The Kier molecular flexibility index (Phi) is 3.08. The van der Waals surface area contributed by atoms with E-state index in [1.807, 2.05) is 0 Å². The second-order valence-electron chi connectivity index (χ2n) is 7.43. The summed E-state index contributed by atoms with van der Waals surface area (Å²) in [6.07, 6.45) is 10.9. The smallest absolute Gasteiger partial charge is 0.244 e. The Morgan fingerprint density at radius 3 is 2.35 bits per heavy atom. The Morgan fingerprint density at radius 2 is 1.70 bits per heavy atom. The van der Waals surface area contributed by atoms with Crippen LogP contribution in [0.25, 0.3) is 0 Å². The second kappa shape index (κ2) is 4.70. The first-order chi connectivity index (χ1) is 9.70. The van der Waals surface area contributed by atoms with Gasteiger partial charge in [-0.15, -0.1) is 0 Å². The highest BCUT2D eigenvalue weighted by atomic mass is 16.2. The molecule has 0 radical (unpaired) electrons. The van der Waals surface area contributed by atoms with Crippen molar-refractivity contribution >= 4 is 5.91 Å². The molecule has 3 heterocycles. The predicted octanol–water partition coefficient (Wildman–Crippen LogP) is 1.70. The van der Waals surface area contributed by atoms with Crippen LogP contribution < -0.4 is 5.32 Å². The van der Waals surface area contributed by atoms with E-state index in [0.29, 0.717) is 24.0 Å². The van der Waals surface area contributed by atoms with Gasteiger partial charge in [-0.2, -0.15) is 0 Å². The zero-order chi connectivity index (χ0) is 13.7. The van der Waals surface area contributed by atoms with Crippen molar-refractivity contribution in [2.24, 2.45) is 0 Å². The largest absolute Gasteiger partial charge is 0.325 e. The lowest BCUT2D eigenvalue weighted by molar-refractivity contribution is -0.136. The van der Waals surface area contributed by atoms with Gasteiger partial charge in [0.15, 0.2) is 0 Å². The molecule has 0 aromatic carbocycles. The minimum Gasteiger partial charge on any atom is -0.325 e. The molecule has 3 aliphatic heterocycles. The van der Waals surface area contributed by atoms with Crippen molar-refractivity contribution < 1.29 is 4.79 Å². The second-order valence-corrected chi connectivity index (χ2v) is 7.43. The third-order valence-corrected chi connectivity index (χ3v) is 6.47. The Labute approximate surface area is 121 Å². The highest BCUT2D eigenvalue weighted by Gasteiger charge is 2.51. The first kappa shape index (κ1) is 13.1. The molecule has 4 heteroatoms. The molecule has 0 aromatic heterocycles. The van der Waals surface area contributed by atoms with Gasteiger partial charge in [0, 0.05) is 18.1 Å². The van der Waals surface area contributed by atoms with Crippen LogP contribution >= 0.6 is 0 Å². The summed E-state index contributed by atoms with van der Waals surface area (Å²) in [7, 11) is 2.28. The number of carbonyl (C=O) groups is 1. The van der Waals surface area contributed by atoms with Crippen molar-refractivity contribution in [3.8, 4) is 0 Å². The van der Waals surface area contributed by atoms with E-state index in [1.54, 1.807) is 0 Å². The van der Waals surface area contributed by atoms with Crippen LogP contribution in [0.5, 0.6) is 0 Å². The highest BCUT2D eigenvalue weighted by Crippen LogP contribution is 2.39. The number of piperidine rings is 2. The Morgan fingerprint density at radius 1 is 1.05 bits per heavy atom. The number of hydrogen-bond donors (Lipinski definition) is 1. The van der Waals surface area contributed by atoms with Crippen molar-refractivity contribution in [1.82, 2.24) is 15.1 Å². The molecule has 2 bridgehead atoms. The van der Waals surface area contributed by atoms with Crippen LogP contribution in [0, 0.1) is 0 Å². The molecule has 2 atom stereocenters. The topological polar surface area (TPSA) is 35.6 Å². The van der Waals surface area contributed by atoms with Gasteiger partial charge in [0.1, 0.15) is 0 Å². The molecular weight excluding hydrogens is 250 g/mol. The van der Waals surface area contributed by atoms with Gasteiger partial charge in [-0.05, 0) is 45.6 Å². The monoisotopic (exact) mass is 277 g/mol. The molecule has 1 saturated carbocycles. The summed E-state index contributed by atoms with van der Waals surface area (Å²) in [6.45, 7) is 0.798. The summed E-state index contributed by atoms with van der Waals surface area (Å²) in [5, 5.41) is 3.57. The molecule has 1 amide bonds. The van der Waals surface area contributed by atoms with Gasteiger partial charge in [0.2, 0.25) is 5.91 Å². The molecular formula is C16H27N3O. The zero-order valence-corrected chi connectivity index (χ0v) is 12.6. The lowest BCUT2D eigenvalue weighted by Crippen LogP contribution is -2.56. The van der Waals surface area contributed by atoms with Gasteiger partial charge >= 0.3 is 0 Å². The van der Waals surface area contributed by atoms with Gasteiger partial charge in [0.05, 0.1) is 12.2 Å². The number of fused-ring (bicyclic) bond motifs is 2. The van der Waals surface area contributed by atoms with E-state index in [4.69, 9.17) is 0 Å². The van der Waals surface area contributed by atoms with E-state index in [9.17, 15) is 4.79 Å². The van der Waals surface area contributed by atoms with Crippen LogP contribution in [0.4, 0.5) is 0 Å². The third kappa shape index (κ3) is 1.84. The van der Waals surface area contributed by atoms with E-state index in [2.05, 4.69) is 22.2 Å². The van der Waals surface area contributed by atoms with E-state index < -0.39 is 0 Å². The SMILES string of the molecule is CN1C2CCCC1CC(N1CNC3(CCCC3)C1=O)C2. The molecule has 0 aromatic rings. The van der Waals surface area contributed by atoms with Crippen molar-refractivity contribution in [2.75, 3.05) is 13.7 Å². The fourth-order valence-corrected chi connectivity index (χ4v) is 5.16. The molecule has 1 aliphatic carbocycles. The molecule has 1 N–H and O–H groups in total. The molecule has 20 heavy (non-hydrogen) atoms. The Hall–Kier alpha value is -0.610. The van der Waals surface area contributed by atoms with E-state index in [0.717, 1.165) is 19.5 Å². The fourth-order valence-electron chi connectivity index (χ4n) is 5.16. The maximum atomic E-state index is 12.9. The zero-order valence-electron chi connectivity index (χ0n) is 12.6. The Bertz CT molecular complexity index is 391. The summed E-state index contributed by atoms with van der Waals surface area (Å²) in [6, 6.07) is 1.90. The van der Waals surface area contributed by atoms with E-state index >= 15 is 0 Å². The van der Waals surface area contributed by atoms with Crippen molar-refractivity contribution in [1.29, 1.82) is 0 Å². The number of hydrogen-bond acceptors (Lipinski definition) is 3. The lowest BCUT2D eigenvalue weighted by atomic mass is 9.81. The summed E-state index contributed by atoms with van der Waals surface area (Å²) in [5.74, 6) is 0.419. The minimum absolute atomic E-state index is 0.168. The van der Waals surface area contributed by atoms with Crippen molar-refractivity contribution in [3.05, 3.63) is 0 Å². The fraction of sp³-hybridized carbons (Fsp3) is 0.938. The quantitative estimate of drug-likeness (QED) is 0.792. The van der Waals surface area contributed by atoms with Crippen molar-refractivity contribution in [3.63, 3.8) is 0 Å². The molecule has 112 valence electrons. The van der Waals surface area contributed by atoms with Crippen LogP contribution in [0.1, 0.15) is 57.8 Å². The summed E-state index contributed by atoms with van der Waals surface area (Å²) in [5.41, 5.74) is -0.168. The number of amides is 1. The van der Waals surface area contributed by atoms with Gasteiger partial charge < -0.3 is 9.80 Å². The molecule has 4 rings (SSSR count). The van der Waals surface area contributed by atoms with Gasteiger partial charge in [-0.25, -0.2) is 0 Å². The lowest BCUT2D eigenvalue weighted by Gasteiger charge is -2.49. The summed E-state index contributed by atoms with van der Waals surface area (Å²) in [4.78, 5) is 17.7. The molecule has 4 fully saturated rings. The number of nitrogens with zero attached hydrogens (tertiary/aromatic N) is 2. The predicted molar refractivity (Wildman–Crippen MR) is 78.3 cm³/mol. The number of nitrogens with one attached hydrogen (secondary N) is 1. The summed E-state index contributed by atoms with van der Waals surface area (Å²) < 4.78 is 0. The Balaban J connectivity index is 1.50. The summed E-state index contributed by atoms with van der Waals surface area (Å²) >= 11 is 0. The highest BCUT2D eigenvalue weighted by molar-refractivity contribution is 5.89. The van der Waals surface area contributed by atoms with Crippen LogP contribution in [-0.2, 0) is 4.79 Å². The standard InChI is InChI=1S/C16H27N3O/c1-18-12-5-4-6-13(18)10-14(9-12)19-11-17-16(15(19)20)7-2-3-8-16/h12-14,17H,2-11H2,1H3. The van der Waals surface area contributed by atoms with Crippen LogP contribution in [0.2, 0.25) is 0 Å².